The molecular formula is C18H19NO2. The van der Waals surface area contributed by atoms with E-state index in [1.54, 1.807) is 0 Å². The number of hydrogen-bond donors (Lipinski definition) is 1. The molecule has 3 nitrogen and oxygen atoms in total. The van der Waals surface area contributed by atoms with Gasteiger partial charge in [-0.1, -0.05) is 55.5 Å². The molecule has 0 fully saturated rings. The Morgan fingerprint density at radius 2 is 1.57 bits per heavy atom. The summed E-state index contributed by atoms with van der Waals surface area (Å²) in [5.74, 6) is 0.0948. The van der Waals surface area contributed by atoms with E-state index >= 15 is 0 Å². The first kappa shape index (κ1) is 15.0. The second-order valence-electron chi connectivity index (χ2n) is 4.94. The molecule has 0 bridgehead atoms. The second-order valence-corrected chi connectivity index (χ2v) is 4.94. The second kappa shape index (κ2) is 7.39. The van der Waals surface area contributed by atoms with Crippen molar-refractivity contribution in [1.29, 1.82) is 0 Å². The van der Waals surface area contributed by atoms with Crippen LogP contribution in [0.25, 0.3) is 0 Å². The van der Waals surface area contributed by atoms with Crippen LogP contribution in [0.1, 0.15) is 24.5 Å². The van der Waals surface area contributed by atoms with E-state index in [1.165, 1.54) is 0 Å². The minimum absolute atomic E-state index is 0.0717. The number of rotatable bonds is 6. The van der Waals surface area contributed by atoms with Gasteiger partial charge in [0.1, 0.15) is 5.78 Å². The van der Waals surface area contributed by atoms with Crippen LogP contribution in [-0.2, 0) is 22.4 Å². The molecule has 0 aliphatic carbocycles. The first-order chi connectivity index (χ1) is 10.2. The van der Waals surface area contributed by atoms with Gasteiger partial charge in [0.15, 0.2) is 0 Å². The molecule has 2 rings (SSSR count). The number of carbonyl (C=O) groups excluding carboxylic acids is 2. The van der Waals surface area contributed by atoms with Gasteiger partial charge in [-0.15, -0.1) is 0 Å². The van der Waals surface area contributed by atoms with Gasteiger partial charge in [0, 0.05) is 18.5 Å². The summed E-state index contributed by atoms with van der Waals surface area (Å²) in [6.45, 7) is 1.85. The molecule has 1 amide bonds. The predicted octanol–water partition coefficient (Wildman–Crippen LogP) is 3.39. The zero-order valence-electron chi connectivity index (χ0n) is 12.1. The maximum atomic E-state index is 12.1. The molecule has 0 unspecified atom stereocenters. The summed E-state index contributed by atoms with van der Waals surface area (Å²) in [5, 5.41) is 2.90. The smallest absolute Gasteiger partial charge is 0.228 e. The van der Waals surface area contributed by atoms with Gasteiger partial charge in [-0.05, 0) is 17.2 Å². The van der Waals surface area contributed by atoms with Crippen molar-refractivity contribution in [1.82, 2.24) is 0 Å². The molecule has 21 heavy (non-hydrogen) atoms. The molecule has 0 aliphatic heterocycles. The van der Waals surface area contributed by atoms with E-state index in [2.05, 4.69) is 5.32 Å². The lowest BCUT2D eigenvalue weighted by atomic mass is 10.0. The summed E-state index contributed by atoms with van der Waals surface area (Å²) < 4.78 is 0. The van der Waals surface area contributed by atoms with Gasteiger partial charge in [0.05, 0.1) is 6.42 Å². The average molecular weight is 281 g/mol. The highest BCUT2D eigenvalue weighted by atomic mass is 16.1. The first-order valence-electron chi connectivity index (χ1n) is 7.12. The van der Waals surface area contributed by atoms with Crippen molar-refractivity contribution in [2.24, 2.45) is 0 Å². The van der Waals surface area contributed by atoms with E-state index in [4.69, 9.17) is 0 Å². The Labute approximate surface area is 125 Å². The molecule has 2 aromatic carbocycles. The SMILES string of the molecule is CCC(=O)Cc1ccccc1NC(=O)Cc1ccccc1. The van der Waals surface area contributed by atoms with Crippen LogP contribution in [-0.4, -0.2) is 11.7 Å². The summed E-state index contributed by atoms with van der Waals surface area (Å²) in [6, 6.07) is 17.0. The number of Topliss-reactive ketones (excluding diaryl/α,β-unsaturated/α-hetero) is 1. The summed E-state index contributed by atoms with van der Waals surface area (Å²) in [6.07, 6.45) is 1.20. The van der Waals surface area contributed by atoms with Crippen molar-refractivity contribution in [2.45, 2.75) is 26.2 Å². The highest BCUT2D eigenvalue weighted by Crippen LogP contribution is 2.17. The van der Waals surface area contributed by atoms with Crippen LogP contribution < -0.4 is 5.32 Å². The maximum absolute atomic E-state index is 12.1. The third-order valence-corrected chi connectivity index (χ3v) is 3.28. The molecule has 0 heterocycles. The van der Waals surface area contributed by atoms with Crippen LogP contribution in [0.4, 0.5) is 5.69 Å². The molecule has 1 N–H and O–H groups in total. The number of ketones is 1. The van der Waals surface area contributed by atoms with Crippen LogP contribution in [0.5, 0.6) is 0 Å². The predicted molar refractivity (Wildman–Crippen MR) is 84.2 cm³/mol. The van der Waals surface area contributed by atoms with Crippen LogP contribution in [0.2, 0.25) is 0 Å². The Bertz CT molecular complexity index is 620. The molecule has 0 saturated heterocycles. The van der Waals surface area contributed by atoms with Gasteiger partial charge in [0.2, 0.25) is 5.91 Å². The van der Waals surface area contributed by atoms with Crippen molar-refractivity contribution in [3.05, 3.63) is 65.7 Å². The van der Waals surface area contributed by atoms with E-state index in [9.17, 15) is 9.59 Å². The highest BCUT2D eigenvalue weighted by Gasteiger charge is 2.09. The van der Waals surface area contributed by atoms with Crippen molar-refractivity contribution in [3.63, 3.8) is 0 Å². The molecule has 0 spiro atoms. The van der Waals surface area contributed by atoms with Crippen molar-refractivity contribution >= 4 is 17.4 Å². The van der Waals surface area contributed by atoms with E-state index in [0.717, 1.165) is 16.8 Å². The molecule has 0 saturated carbocycles. The number of nitrogens with one attached hydrogen (secondary N) is 1. The van der Waals surface area contributed by atoms with Gasteiger partial charge in [0.25, 0.3) is 0 Å². The van der Waals surface area contributed by atoms with Crippen molar-refractivity contribution in [2.75, 3.05) is 5.32 Å². The minimum Gasteiger partial charge on any atom is -0.326 e. The van der Waals surface area contributed by atoms with Gasteiger partial charge in [-0.2, -0.15) is 0 Å². The summed E-state index contributed by atoms with van der Waals surface area (Å²) in [7, 11) is 0. The average Bonchev–Trinajstić information content (AvgIpc) is 2.50. The van der Waals surface area contributed by atoms with E-state index < -0.39 is 0 Å². The largest absolute Gasteiger partial charge is 0.326 e. The third kappa shape index (κ3) is 4.56. The highest BCUT2D eigenvalue weighted by molar-refractivity contribution is 5.94. The Hall–Kier alpha value is -2.42. The van der Waals surface area contributed by atoms with Crippen molar-refractivity contribution in [3.8, 4) is 0 Å². The fourth-order valence-corrected chi connectivity index (χ4v) is 2.11. The quantitative estimate of drug-likeness (QED) is 0.882. The number of amides is 1. The summed E-state index contributed by atoms with van der Waals surface area (Å²) in [4.78, 5) is 23.7. The summed E-state index contributed by atoms with van der Waals surface area (Å²) in [5.41, 5.74) is 2.56. The van der Waals surface area contributed by atoms with Gasteiger partial charge in [-0.3, -0.25) is 9.59 Å². The lowest BCUT2D eigenvalue weighted by molar-refractivity contribution is -0.118. The normalized spacial score (nSPS) is 10.1. The molecular weight excluding hydrogens is 262 g/mol. The van der Waals surface area contributed by atoms with Gasteiger partial charge < -0.3 is 5.32 Å². The standard InChI is InChI=1S/C18H19NO2/c1-2-16(20)13-15-10-6-7-11-17(15)19-18(21)12-14-8-4-3-5-9-14/h3-11H,2,12-13H2,1H3,(H,19,21). The van der Waals surface area contributed by atoms with Gasteiger partial charge in [-0.25, -0.2) is 0 Å². The van der Waals surface area contributed by atoms with Crippen LogP contribution in [0.15, 0.2) is 54.6 Å². The number of para-hydroxylation sites is 1. The molecule has 0 aliphatic rings. The fraction of sp³-hybridized carbons (Fsp3) is 0.222. The number of carbonyl (C=O) groups is 2. The Morgan fingerprint density at radius 3 is 2.29 bits per heavy atom. The summed E-state index contributed by atoms with van der Waals surface area (Å²) >= 11 is 0. The Morgan fingerprint density at radius 1 is 0.905 bits per heavy atom. The third-order valence-electron chi connectivity index (χ3n) is 3.28. The molecule has 0 atom stereocenters. The maximum Gasteiger partial charge on any atom is 0.228 e. The molecule has 0 aromatic heterocycles. The van der Waals surface area contributed by atoms with E-state index in [-0.39, 0.29) is 11.7 Å². The Balaban J connectivity index is 2.05. The topological polar surface area (TPSA) is 46.2 Å². The zero-order valence-corrected chi connectivity index (χ0v) is 12.1. The fourth-order valence-electron chi connectivity index (χ4n) is 2.11. The molecule has 2 aromatic rings. The number of hydrogen-bond acceptors (Lipinski definition) is 2. The van der Waals surface area contributed by atoms with Crippen LogP contribution in [0, 0.1) is 0 Å². The molecule has 3 heteroatoms. The van der Waals surface area contributed by atoms with Crippen LogP contribution >= 0.6 is 0 Å². The van der Waals surface area contributed by atoms with E-state index in [0.29, 0.717) is 19.3 Å². The first-order valence-corrected chi connectivity index (χ1v) is 7.12. The zero-order chi connectivity index (χ0) is 15.1. The Kier molecular flexibility index (Phi) is 5.27. The van der Waals surface area contributed by atoms with E-state index in [1.807, 2.05) is 61.5 Å². The lowest BCUT2D eigenvalue weighted by Crippen LogP contribution is -2.16. The molecule has 108 valence electrons. The van der Waals surface area contributed by atoms with Gasteiger partial charge >= 0.3 is 0 Å². The lowest BCUT2D eigenvalue weighted by Gasteiger charge is -2.10. The molecule has 0 radical (unpaired) electrons. The minimum atomic E-state index is -0.0717. The number of anilines is 1. The monoisotopic (exact) mass is 281 g/mol. The van der Waals surface area contributed by atoms with Crippen molar-refractivity contribution < 1.29 is 9.59 Å². The van der Waals surface area contributed by atoms with Crippen LogP contribution in [0.3, 0.4) is 0 Å². The number of benzene rings is 2.